The minimum Gasteiger partial charge on any atom is -0.426 e. The molecule has 0 saturated heterocycles. The van der Waals surface area contributed by atoms with E-state index < -0.39 is 15.5 Å². The minimum absolute atomic E-state index is 0.0596. The van der Waals surface area contributed by atoms with E-state index in [0.717, 1.165) is 0 Å². The highest BCUT2D eigenvalue weighted by atomic mass is 32.2. The molecule has 1 atom stereocenters. The molecule has 6 heteroatoms. The Hall–Kier alpha value is -1.40. The molecule has 0 amide bonds. The molecule has 24 heavy (non-hydrogen) atoms. The Bertz CT molecular complexity index is 690. The van der Waals surface area contributed by atoms with Crippen LogP contribution in [0.5, 0.6) is 5.75 Å². The molecular formula is C18H28O5S. The van der Waals surface area contributed by atoms with Gasteiger partial charge in [-0.1, -0.05) is 41.5 Å². The third-order valence-corrected chi connectivity index (χ3v) is 5.19. The van der Waals surface area contributed by atoms with Crippen LogP contribution in [0.1, 0.15) is 54.9 Å². The van der Waals surface area contributed by atoms with Gasteiger partial charge in [0.25, 0.3) is 10.1 Å². The first kappa shape index (κ1) is 20.6. The smallest absolute Gasteiger partial charge is 0.317 e. The summed E-state index contributed by atoms with van der Waals surface area (Å²) in [5.74, 6) is -0.110. The molecule has 0 aliphatic rings. The first-order valence-electron chi connectivity index (χ1n) is 7.86. The van der Waals surface area contributed by atoms with E-state index in [1.807, 2.05) is 27.7 Å². The minimum atomic E-state index is -4.26. The molecule has 1 aromatic rings. The van der Waals surface area contributed by atoms with Crippen molar-refractivity contribution in [2.45, 2.75) is 59.8 Å². The normalized spacial score (nSPS) is 15.7. The van der Waals surface area contributed by atoms with Gasteiger partial charge in [-0.3, -0.25) is 9.35 Å². The van der Waals surface area contributed by atoms with Gasteiger partial charge in [0.1, 0.15) is 5.75 Å². The Morgan fingerprint density at radius 1 is 1.00 bits per heavy atom. The van der Waals surface area contributed by atoms with Crippen LogP contribution >= 0.6 is 0 Å². The second kappa shape index (κ2) is 6.48. The number of benzene rings is 1. The quantitative estimate of drug-likeness (QED) is 0.493. The summed E-state index contributed by atoms with van der Waals surface area (Å²) in [5, 5.41) is 0. The Labute approximate surface area is 145 Å². The topological polar surface area (TPSA) is 80.7 Å². The van der Waals surface area contributed by atoms with Crippen LogP contribution in [-0.4, -0.2) is 18.9 Å². The Morgan fingerprint density at radius 2 is 1.46 bits per heavy atom. The van der Waals surface area contributed by atoms with E-state index in [-0.39, 0.29) is 27.4 Å². The SMILES string of the molecule is CC(C)(C)CC(C)(C(=O)Oc1ccc(S(=O)(=O)O)cc1)C(C)(C)C. The number of carbonyl (C=O) groups excluding carboxylic acids is 1. The van der Waals surface area contributed by atoms with Gasteiger partial charge < -0.3 is 4.74 Å². The number of hydrogen-bond acceptors (Lipinski definition) is 4. The predicted octanol–water partition coefficient (Wildman–Crippen LogP) is 4.33. The molecule has 0 saturated carbocycles. The molecule has 0 fully saturated rings. The summed E-state index contributed by atoms with van der Waals surface area (Å²) in [7, 11) is -4.26. The lowest BCUT2D eigenvalue weighted by atomic mass is 9.61. The molecule has 0 heterocycles. The fourth-order valence-corrected chi connectivity index (χ4v) is 3.08. The number of esters is 1. The van der Waals surface area contributed by atoms with Crippen LogP contribution in [0.15, 0.2) is 29.2 Å². The zero-order chi connectivity index (χ0) is 19.0. The maximum absolute atomic E-state index is 12.9. The molecule has 136 valence electrons. The number of hydrogen-bond donors (Lipinski definition) is 1. The third kappa shape index (κ3) is 5.05. The van der Waals surface area contributed by atoms with Gasteiger partial charge in [0.2, 0.25) is 0 Å². The summed E-state index contributed by atoms with van der Waals surface area (Å²) in [6, 6.07) is 5.13. The fourth-order valence-electron chi connectivity index (χ4n) is 2.60. The molecule has 0 bridgehead atoms. The largest absolute Gasteiger partial charge is 0.426 e. The average molecular weight is 356 g/mol. The third-order valence-electron chi connectivity index (χ3n) is 4.32. The van der Waals surface area contributed by atoms with E-state index in [2.05, 4.69) is 20.8 Å². The van der Waals surface area contributed by atoms with E-state index >= 15 is 0 Å². The van der Waals surface area contributed by atoms with Crippen LogP contribution < -0.4 is 4.74 Å². The van der Waals surface area contributed by atoms with Crippen molar-refractivity contribution in [3.05, 3.63) is 24.3 Å². The lowest BCUT2D eigenvalue weighted by Gasteiger charge is -2.43. The number of ether oxygens (including phenoxy) is 1. The average Bonchev–Trinajstić information content (AvgIpc) is 2.34. The highest BCUT2D eigenvalue weighted by Crippen LogP contribution is 2.47. The van der Waals surface area contributed by atoms with E-state index in [1.54, 1.807) is 0 Å². The molecule has 0 spiro atoms. The lowest BCUT2D eigenvalue weighted by Crippen LogP contribution is -2.45. The standard InChI is InChI=1S/C18H28O5S/c1-16(2,3)12-18(7,17(4,5)6)15(19)23-13-8-10-14(11-9-13)24(20,21)22/h8-11H,12H2,1-7H3,(H,20,21,22). The van der Waals surface area contributed by atoms with Crippen LogP contribution in [0.25, 0.3) is 0 Å². The van der Waals surface area contributed by atoms with Gasteiger partial charge in [0, 0.05) is 0 Å². The van der Waals surface area contributed by atoms with E-state index in [9.17, 15) is 13.2 Å². The lowest BCUT2D eigenvalue weighted by molar-refractivity contribution is -0.154. The molecule has 0 aromatic heterocycles. The van der Waals surface area contributed by atoms with Crippen LogP contribution in [0.3, 0.4) is 0 Å². The zero-order valence-electron chi connectivity index (χ0n) is 15.5. The fraction of sp³-hybridized carbons (Fsp3) is 0.611. The van der Waals surface area contributed by atoms with Crippen molar-refractivity contribution >= 4 is 16.1 Å². The van der Waals surface area contributed by atoms with Gasteiger partial charge in [0.05, 0.1) is 10.3 Å². The zero-order valence-corrected chi connectivity index (χ0v) is 16.3. The van der Waals surface area contributed by atoms with Crippen LogP contribution in [-0.2, 0) is 14.9 Å². The Balaban J connectivity index is 3.09. The summed E-state index contributed by atoms with van der Waals surface area (Å²) < 4.78 is 36.6. The van der Waals surface area contributed by atoms with E-state index in [0.29, 0.717) is 6.42 Å². The molecule has 0 aliphatic carbocycles. The molecule has 1 rings (SSSR count). The monoisotopic (exact) mass is 356 g/mol. The van der Waals surface area contributed by atoms with Gasteiger partial charge in [-0.25, -0.2) is 0 Å². The molecule has 1 aromatic carbocycles. The van der Waals surface area contributed by atoms with Crippen LogP contribution in [0, 0.1) is 16.2 Å². The van der Waals surface area contributed by atoms with Crippen molar-refractivity contribution in [1.29, 1.82) is 0 Å². The molecular weight excluding hydrogens is 328 g/mol. The van der Waals surface area contributed by atoms with Gasteiger partial charge in [-0.15, -0.1) is 0 Å². The van der Waals surface area contributed by atoms with E-state index in [4.69, 9.17) is 9.29 Å². The summed E-state index contributed by atoms with van der Waals surface area (Å²) in [6.45, 7) is 14.1. The van der Waals surface area contributed by atoms with Crippen molar-refractivity contribution in [2.75, 3.05) is 0 Å². The maximum Gasteiger partial charge on any atom is 0.317 e. The van der Waals surface area contributed by atoms with Gasteiger partial charge >= 0.3 is 5.97 Å². The van der Waals surface area contributed by atoms with Crippen LogP contribution in [0.2, 0.25) is 0 Å². The summed E-state index contributed by atoms with van der Waals surface area (Å²) in [6.07, 6.45) is 0.644. The summed E-state index contributed by atoms with van der Waals surface area (Å²) in [4.78, 5) is 12.6. The number of carbonyl (C=O) groups is 1. The Morgan fingerprint density at radius 3 is 1.79 bits per heavy atom. The maximum atomic E-state index is 12.9. The van der Waals surface area contributed by atoms with Crippen molar-refractivity contribution < 1.29 is 22.5 Å². The second-order valence-electron chi connectivity index (χ2n) is 8.66. The molecule has 1 N–H and O–H groups in total. The summed E-state index contributed by atoms with van der Waals surface area (Å²) >= 11 is 0. The molecule has 5 nitrogen and oxygen atoms in total. The van der Waals surface area contributed by atoms with E-state index in [1.165, 1.54) is 24.3 Å². The molecule has 1 unspecified atom stereocenters. The predicted molar refractivity (Wildman–Crippen MR) is 93.5 cm³/mol. The van der Waals surface area contributed by atoms with Gasteiger partial charge in [-0.05, 0) is 48.4 Å². The van der Waals surface area contributed by atoms with Crippen molar-refractivity contribution in [1.82, 2.24) is 0 Å². The number of rotatable bonds is 4. The van der Waals surface area contributed by atoms with Gasteiger partial charge in [-0.2, -0.15) is 8.42 Å². The highest BCUT2D eigenvalue weighted by molar-refractivity contribution is 7.85. The molecule has 0 radical (unpaired) electrons. The van der Waals surface area contributed by atoms with Gasteiger partial charge in [0.15, 0.2) is 0 Å². The molecule has 0 aliphatic heterocycles. The van der Waals surface area contributed by atoms with Crippen molar-refractivity contribution in [3.8, 4) is 5.75 Å². The summed E-state index contributed by atoms with van der Waals surface area (Å²) in [5.41, 5.74) is -1.09. The van der Waals surface area contributed by atoms with Crippen molar-refractivity contribution in [2.24, 2.45) is 16.2 Å². The first-order valence-corrected chi connectivity index (χ1v) is 9.30. The first-order chi connectivity index (χ1) is 10.6. The van der Waals surface area contributed by atoms with Crippen molar-refractivity contribution in [3.63, 3.8) is 0 Å². The Kier molecular flexibility index (Phi) is 5.58. The second-order valence-corrected chi connectivity index (χ2v) is 10.1. The highest BCUT2D eigenvalue weighted by Gasteiger charge is 2.47. The van der Waals surface area contributed by atoms with Crippen LogP contribution in [0.4, 0.5) is 0 Å².